The molecule has 26 heavy (non-hydrogen) atoms. The minimum absolute atomic E-state index is 0.0741. The Balaban J connectivity index is 2.15. The summed E-state index contributed by atoms with van der Waals surface area (Å²) in [5.41, 5.74) is 1.38. The summed E-state index contributed by atoms with van der Waals surface area (Å²) in [6, 6.07) is 9.63. The molecule has 136 valence electrons. The maximum atomic E-state index is 14.9. The molecule has 3 rings (SSSR count). The molecule has 8 heteroatoms. The highest BCUT2D eigenvalue weighted by molar-refractivity contribution is 8.01. The fourth-order valence-corrected chi connectivity index (χ4v) is 4.41. The lowest BCUT2D eigenvalue weighted by Gasteiger charge is -2.21. The number of fused-ring (bicyclic) bond motifs is 1. The third-order valence-corrected chi connectivity index (χ3v) is 5.73. The van der Waals surface area contributed by atoms with Crippen molar-refractivity contribution >= 4 is 40.9 Å². The average molecular weight is 396 g/mol. The Morgan fingerprint density at radius 3 is 2.81 bits per heavy atom. The molecule has 0 aromatic heterocycles. The van der Waals surface area contributed by atoms with E-state index in [2.05, 4.69) is 5.32 Å². The molecule has 1 aliphatic heterocycles. The van der Waals surface area contributed by atoms with E-state index in [9.17, 15) is 14.0 Å². The summed E-state index contributed by atoms with van der Waals surface area (Å²) >= 11 is 7.18. The number of carbonyl (C=O) groups excluding carboxylic acids is 1. The molecule has 0 spiro atoms. The summed E-state index contributed by atoms with van der Waals surface area (Å²) in [5.74, 6) is -2.02. The lowest BCUT2D eigenvalue weighted by molar-refractivity contribution is -0.138. The molecule has 2 N–H and O–H groups in total. The van der Waals surface area contributed by atoms with Gasteiger partial charge in [0, 0.05) is 16.3 Å². The highest BCUT2D eigenvalue weighted by atomic mass is 35.5. The molecule has 2 aromatic carbocycles. The second kappa shape index (κ2) is 7.55. The first kappa shape index (κ1) is 18.5. The summed E-state index contributed by atoms with van der Waals surface area (Å²) in [6.07, 6.45) is -0.375. The number of halogens is 2. The quantitative estimate of drug-likeness (QED) is 0.814. The first-order valence-electron chi connectivity index (χ1n) is 7.70. The van der Waals surface area contributed by atoms with E-state index < -0.39 is 28.2 Å². The molecule has 0 aliphatic carbocycles. The van der Waals surface area contributed by atoms with Crippen molar-refractivity contribution < 1.29 is 23.8 Å². The van der Waals surface area contributed by atoms with Gasteiger partial charge < -0.3 is 15.2 Å². The van der Waals surface area contributed by atoms with Crippen molar-refractivity contribution in [1.82, 2.24) is 0 Å². The Hall–Kier alpha value is -2.25. The van der Waals surface area contributed by atoms with Crippen LogP contribution >= 0.6 is 23.4 Å². The molecule has 1 aliphatic rings. The van der Waals surface area contributed by atoms with Crippen LogP contribution in [0.1, 0.15) is 22.8 Å². The topological polar surface area (TPSA) is 75.6 Å². The third kappa shape index (κ3) is 3.64. The van der Waals surface area contributed by atoms with Crippen LogP contribution in [0.3, 0.4) is 0 Å². The van der Waals surface area contributed by atoms with Crippen molar-refractivity contribution in [2.24, 2.45) is 0 Å². The van der Waals surface area contributed by atoms with Crippen LogP contribution in [-0.2, 0) is 9.59 Å². The predicted octanol–water partition coefficient (Wildman–Crippen LogP) is 4.11. The van der Waals surface area contributed by atoms with Crippen LogP contribution in [0.2, 0.25) is 5.02 Å². The molecule has 0 bridgehead atoms. The second-order valence-electron chi connectivity index (χ2n) is 5.69. The molecule has 0 radical (unpaired) electrons. The van der Waals surface area contributed by atoms with Crippen LogP contribution in [0.25, 0.3) is 0 Å². The maximum Gasteiger partial charge on any atom is 0.305 e. The van der Waals surface area contributed by atoms with Crippen LogP contribution in [0.5, 0.6) is 5.75 Å². The maximum absolute atomic E-state index is 14.9. The molecular formula is C18H15ClFNO4S. The molecule has 5 nitrogen and oxygen atoms in total. The number of ether oxygens (including phenoxy) is 1. The van der Waals surface area contributed by atoms with Crippen molar-refractivity contribution in [2.75, 3.05) is 12.4 Å². The van der Waals surface area contributed by atoms with Crippen molar-refractivity contribution in [3.63, 3.8) is 0 Å². The largest absolute Gasteiger partial charge is 0.494 e. The van der Waals surface area contributed by atoms with E-state index in [0.717, 1.165) is 11.8 Å². The number of hydrogen-bond acceptors (Lipinski definition) is 4. The molecule has 2 aromatic rings. The van der Waals surface area contributed by atoms with Gasteiger partial charge in [-0.1, -0.05) is 23.7 Å². The fourth-order valence-electron chi connectivity index (χ4n) is 2.81. The predicted molar refractivity (Wildman–Crippen MR) is 98.5 cm³/mol. The molecular weight excluding hydrogens is 381 g/mol. The summed E-state index contributed by atoms with van der Waals surface area (Å²) in [5, 5.41) is 10.8. The zero-order valence-electron chi connectivity index (χ0n) is 13.7. The monoisotopic (exact) mass is 395 g/mol. The molecule has 1 amide bonds. The van der Waals surface area contributed by atoms with E-state index in [0.29, 0.717) is 21.8 Å². The zero-order valence-corrected chi connectivity index (χ0v) is 15.2. The number of hydrogen-bond donors (Lipinski definition) is 2. The molecule has 0 fully saturated rings. The van der Waals surface area contributed by atoms with E-state index in [1.54, 1.807) is 30.3 Å². The van der Waals surface area contributed by atoms with E-state index in [-0.39, 0.29) is 12.2 Å². The van der Waals surface area contributed by atoms with Gasteiger partial charge in [0.25, 0.3) is 0 Å². The van der Waals surface area contributed by atoms with Crippen molar-refractivity contribution in [1.29, 1.82) is 0 Å². The van der Waals surface area contributed by atoms with Gasteiger partial charge in [-0.15, -0.1) is 11.8 Å². The Labute approximate surface area is 158 Å². The first-order chi connectivity index (χ1) is 12.4. The Bertz CT molecular complexity index is 876. The van der Waals surface area contributed by atoms with Crippen LogP contribution < -0.4 is 10.1 Å². The SMILES string of the molecule is COc1cccc([C@@H]2S[C@@H](CC(=O)O)C(=O)Nc3ccc(Cl)cc32)c1F. The molecule has 0 saturated heterocycles. The molecule has 1 heterocycles. The fraction of sp³-hybridized carbons (Fsp3) is 0.222. The number of anilines is 1. The van der Waals surface area contributed by atoms with Gasteiger partial charge in [-0.05, 0) is 29.8 Å². The van der Waals surface area contributed by atoms with Crippen molar-refractivity contribution in [2.45, 2.75) is 16.9 Å². The number of thioether (sulfide) groups is 1. The van der Waals surface area contributed by atoms with Crippen LogP contribution in [0.15, 0.2) is 36.4 Å². The van der Waals surface area contributed by atoms with Gasteiger partial charge in [-0.25, -0.2) is 4.39 Å². The normalized spacial score (nSPS) is 19.3. The Morgan fingerprint density at radius 1 is 1.35 bits per heavy atom. The van der Waals surface area contributed by atoms with E-state index in [1.807, 2.05) is 0 Å². The zero-order chi connectivity index (χ0) is 18.8. The number of carboxylic acid groups (broad SMARTS) is 1. The van der Waals surface area contributed by atoms with Gasteiger partial charge in [0.15, 0.2) is 11.6 Å². The highest BCUT2D eigenvalue weighted by Crippen LogP contribution is 2.47. The second-order valence-corrected chi connectivity index (χ2v) is 7.44. The van der Waals surface area contributed by atoms with E-state index in [1.165, 1.54) is 13.2 Å². The van der Waals surface area contributed by atoms with Gasteiger partial charge in [0.05, 0.1) is 24.0 Å². The lowest BCUT2D eigenvalue weighted by Crippen LogP contribution is -2.26. The number of amides is 1. The smallest absolute Gasteiger partial charge is 0.305 e. The molecule has 0 unspecified atom stereocenters. The number of carbonyl (C=O) groups is 2. The lowest BCUT2D eigenvalue weighted by atomic mass is 10.0. The Morgan fingerprint density at radius 2 is 2.12 bits per heavy atom. The number of benzene rings is 2. The number of methoxy groups -OCH3 is 1. The van der Waals surface area contributed by atoms with Crippen molar-refractivity contribution in [3.05, 3.63) is 58.4 Å². The van der Waals surface area contributed by atoms with Crippen LogP contribution in [0, 0.1) is 5.82 Å². The average Bonchev–Trinajstić information content (AvgIpc) is 2.72. The minimum atomic E-state index is -1.11. The third-order valence-electron chi connectivity index (χ3n) is 4.00. The number of aliphatic carboxylic acids is 1. The number of carboxylic acids is 1. The first-order valence-corrected chi connectivity index (χ1v) is 9.02. The summed E-state index contributed by atoms with van der Waals surface area (Å²) in [6.45, 7) is 0. The summed E-state index contributed by atoms with van der Waals surface area (Å²) < 4.78 is 19.9. The van der Waals surface area contributed by atoms with Gasteiger partial charge in [0.1, 0.15) is 0 Å². The van der Waals surface area contributed by atoms with Gasteiger partial charge in [0.2, 0.25) is 5.91 Å². The van der Waals surface area contributed by atoms with Gasteiger partial charge in [-0.2, -0.15) is 0 Å². The minimum Gasteiger partial charge on any atom is -0.494 e. The van der Waals surface area contributed by atoms with Crippen LogP contribution in [-0.4, -0.2) is 29.3 Å². The van der Waals surface area contributed by atoms with E-state index in [4.69, 9.17) is 21.4 Å². The van der Waals surface area contributed by atoms with Gasteiger partial charge >= 0.3 is 5.97 Å². The van der Waals surface area contributed by atoms with E-state index >= 15 is 0 Å². The van der Waals surface area contributed by atoms with Crippen LogP contribution in [0.4, 0.5) is 10.1 Å². The summed E-state index contributed by atoms with van der Waals surface area (Å²) in [7, 11) is 1.37. The molecule has 0 saturated carbocycles. The van der Waals surface area contributed by atoms with Gasteiger partial charge in [-0.3, -0.25) is 9.59 Å². The number of nitrogens with one attached hydrogen (secondary N) is 1. The Kier molecular flexibility index (Phi) is 5.38. The van der Waals surface area contributed by atoms with Crippen molar-refractivity contribution in [3.8, 4) is 5.75 Å². The summed E-state index contributed by atoms with van der Waals surface area (Å²) in [4.78, 5) is 23.6. The number of rotatable bonds is 4. The standard InChI is InChI=1S/C18H15ClFNO4S/c1-25-13-4-2-3-10(16(13)20)17-11-7-9(19)5-6-12(11)21-18(24)14(26-17)8-15(22)23/h2-7,14,17H,8H2,1H3,(H,21,24)(H,22,23)/t14-,17-/m0/s1. The molecule has 2 atom stereocenters. The highest BCUT2D eigenvalue weighted by Gasteiger charge is 2.34.